The van der Waals surface area contributed by atoms with Gasteiger partial charge < -0.3 is 19.9 Å². The molecule has 1 aromatic heterocycles. The second-order valence-electron chi connectivity index (χ2n) is 9.04. The quantitative estimate of drug-likeness (QED) is 0.465. The first kappa shape index (κ1) is 28.7. The number of thiazole rings is 1. The van der Waals surface area contributed by atoms with Crippen LogP contribution in [0.1, 0.15) is 78.8 Å². The highest BCUT2D eigenvalue weighted by molar-refractivity contribution is 7.09. The Labute approximate surface area is 203 Å². The fourth-order valence-corrected chi connectivity index (χ4v) is 4.05. The first-order chi connectivity index (χ1) is 15.5. The number of allylic oxidation sites excluding steroid dienone is 4. The van der Waals surface area contributed by atoms with E-state index in [0.29, 0.717) is 25.6 Å². The van der Waals surface area contributed by atoms with Crippen molar-refractivity contribution in [1.29, 1.82) is 0 Å². The van der Waals surface area contributed by atoms with Gasteiger partial charge in [0.2, 0.25) is 0 Å². The van der Waals surface area contributed by atoms with Crippen molar-refractivity contribution in [2.75, 3.05) is 13.6 Å². The van der Waals surface area contributed by atoms with Crippen LogP contribution in [0, 0.1) is 5.92 Å². The van der Waals surface area contributed by atoms with E-state index in [1.807, 2.05) is 53.1 Å². The molecule has 1 aromatic rings. The van der Waals surface area contributed by atoms with Crippen LogP contribution in [-0.2, 0) is 17.8 Å². The number of hydrogen-bond acceptors (Lipinski definition) is 5. The molecule has 0 aliphatic carbocycles. The van der Waals surface area contributed by atoms with Crippen LogP contribution >= 0.6 is 11.3 Å². The van der Waals surface area contributed by atoms with E-state index in [1.54, 1.807) is 28.2 Å². The van der Waals surface area contributed by atoms with Gasteiger partial charge in [0.15, 0.2) is 0 Å². The van der Waals surface area contributed by atoms with Gasteiger partial charge >= 0.3 is 12.1 Å². The number of aromatic nitrogens is 1. The first-order valence-corrected chi connectivity index (χ1v) is 12.7. The Morgan fingerprint density at radius 2 is 1.97 bits per heavy atom. The summed E-state index contributed by atoms with van der Waals surface area (Å²) >= 11 is 1.59. The fourth-order valence-electron chi connectivity index (χ4n) is 3.26. The van der Waals surface area contributed by atoms with Gasteiger partial charge in [0.1, 0.15) is 5.60 Å². The Balaban J connectivity index is 0.00000265. The Bertz CT molecular complexity index is 818. The van der Waals surface area contributed by atoms with E-state index in [1.165, 1.54) is 5.57 Å². The van der Waals surface area contributed by atoms with Crippen LogP contribution in [0.15, 0.2) is 28.9 Å². The number of nitrogens with zero attached hydrogens (tertiary/aromatic N) is 3. The molecule has 8 heteroatoms. The number of fused-ring (bicyclic) bond motifs is 1. The SMILES string of the molecule is CC.CC/C(=C\C=C(/C)NC(=O)N1Cc2ncsc2C1)C(C)CCN(C)C(=O)OC(C)(C)C. The molecule has 7 nitrogen and oxygen atoms in total. The van der Waals surface area contributed by atoms with Crippen molar-refractivity contribution in [2.24, 2.45) is 5.92 Å². The topological polar surface area (TPSA) is 74.8 Å². The Morgan fingerprint density at radius 3 is 2.55 bits per heavy atom. The molecular weight excluding hydrogens is 436 g/mol. The third-order valence-electron chi connectivity index (χ3n) is 5.18. The predicted molar refractivity (Wildman–Crippen MR) is 136 cm³/mol. The third-order valence-corrected chi connectivity index (χ3v) is 6.04. The predicted octanol–water partition coefficient (Wildman–Crippen LogP) is 6.33. The maximum atomic E-state index is 12.5. The molecule has 1 atom stereocenters. The summed E-state index contributed by atoms with van der Waals surface area (Å²) in [6, 6.07) is -0.0996. The van der Waals surface area contributed by atoms with Gasteiger partial charge in [-0.05, 0) is 52.5 Å². The Kier molecular flexibility index (Phi) is 11.6. The average Bonchev–Trinajstić information content (AvgIpc) is 3.35. The zero-order valence-corrected chi connectivity index (χ0v) is 22.6. The highest BCUT2D eigenvalue weighted by Crippen LogP contribution is 2.25. The summed E-state index contributed by atoms with van der Waals surface area (Å²) in [7, 11) is 1.77. The van der Waals surface area contributed by atoms with E-state index >= 15 is 0 Å². The lowest BCUT2D eigenvalue weighted by molar-refractivity contribution is 0.0293. The van der Waals surface area contributed by atoms with Crippen molar-refractivity contribution in [1.82, 2.24) is 20.1 Å². The van der Waals surface area contributed by atoms with Gasteiger partial charge in [-0.15, -0.1) is 11.3 Å². The van der Waals surface area contributed by atoms with Gasteiger partial charge in [-0.25, -0.2) is 14.6 Å². The molecule has 33 heavy (non-hydrogen) atoms. The summed E-state index contributed by atoms with van der Waals surface area (Å²) in [6.45, 7) is 17.6. The van der Waals surface area contributed by atoms with Crippen LogP contribution in [-0.4, -0.2) is 46.1 Å². The summed E-state index contributed by atoms with van der Waals surface area (Å²) in [4.78, 5) is 33.5. The lowest BCUT2D eigenvalue weighted by atomic mass is 9.95. The monoisotopic (exact) mass is 478 g/mol. The standard InChI is InChI=1S/C23H36N4O3S.C2H6/c1-8-18(16(2)11-12-26(7)22(29)30-23(4,5)6)10-9-17(3)25-21(28)27-13-19-20(14-27)31-15-24-19;1-2/h9-10,15-16H,8,11-14H2,1-7H3,(H,25,28);1-2H3/b17-9+,18-10+;. The number of nitrogens with one attached hydrogen (secondary N) is 1. The molecule has 0 saturated carbocycles. The molecule has 2 rings (SSSR count). The Morgan fingerprint density at radius 1 is 1.30 bits per heavy atom. The summed E-state index contributed by atoms with van der Waals surface area (Å²) < 4.78 is 5.41. The van der Waals surface area contributed by atoms with Crippen molar-refractivity contribution in [3.8, 4) is 0 Å². The average molecular weight is 479 g/mol. The molecule has 2 heterocycles. The van der Waals surface area contributed by atoms with Crippen LogP contribution in [0.3, 0.4) is 0 Å². The van der Waals surface area contributed by atoms with Gasteiger partial charge in [0, 0.05) is 24.2 Å². The van der Waals surface area contributed by atoms with Crippen molar-refractivity contribution < 1.29 is 14.3 Å². The van der Waals surface area contributed by atoms with E-state index in [2.05, 4.69) is 30.2 Å². The number of amides is 3. The van der Waals surface area contributed by atoms with Gasteiger partial charge in [0.05, 0.1) is 24.3 Å². The molecule has 0 fully saturated rings. The summed E-state index contributed by atoms with van der Waals surface area (Å²) in [5.74, 6) is 0.315. The van der Waals surface area contributed by atoms with E-state index in [-0.39, 0.29) is 12.1 Å². The van der Waals surface area contributed by atoms with E-state index in [0.717, 1.165) is 29.1 Å². The highest BCUT2D eigenvalue weighted by atomic mass is 32.1. The zero-order valence-electron chi connectivity index (χ0n) is 21.8. The normalized spacial score (nSPS) is 14.8. The number of urea groups is 1. The molecule has 0 saturated heterocycles. The molecule has 0 aromatic carbocycles. The van der Waals surface area contributed by atoms with Gasteiger partial charge in [-0.3, -0.25) is 0 Å². The van der Waals surface area contributed by atoms with Gasteiger partial charge in [-0.2, -0.15) is 0 Å². The zero-order chi connectivity index (χ0) is 25.2. The van der Waals surface area contributed by atoms with Gasteiger partial charge in [-0.1, -0.05) is 39.3 Å². The lowest BCUT2D eigenvalue weighted by Crippen LogP contribution is -2.35. The molecule has 0 bridgehead atoms. The molecule has 1 aliphatic heterocycles. The van der Waals surface area contributed by atoms with Crippen LogP contribution in [0.2, 0.25) is 0 Å². The molecule has 1 aliphatic rings. The molecule has 1 N–H and O–H groups in total. The van der Waals surface area contributed by atoms with Crippen LogP contribution in [0.25, 0.3) is 0 Å². The smallest absolute Gasteiger partial charge is 0.410 e. The van der Waals surface area contributed by atoms with E-state index in [9.17, 15) is 9.59 Å². The second kappa shape index (κ2) is 13.4. The maximum Gasteiger partial charge on any atom is 0.410 e. The minimum absolute atomic E-state index is 0.0996. The van der Waals surface area contributed by atoms with E-state index < -0.39 is 5.60 Å². The van der Waals surface area contributed by atoms with E-state index in [4.69, 9.17) is 4.74 Å². The number of ether oxygens (including phenoxy) is 1. The number of carbonyl (C=O) groups excluding carboxylic acids is 2. The largest absolute Gasteiger partial charge is 0.444 e. The third kappa shape index (κ3) is 9.58. The van der Waals surface area contributed by atoms with Gasteiger partial charge in [0.25, 0.3) is 0 Å². The molecule has 0 spiro atoms. The molecule has 3 amide bonds. The van der Waals surface area contributed by atoms with Crippen molar-refractivity contribution in [3.05, 3.63) is 39.5 Å². The molecular formula is C25H42N4O3S. The fraction of sp³-hybridized carbons (Fsp3) is 0.640. The molecule has 186 valence electrons. The second-order valence-corrected chi connectivity index (χ2v) is 9.98. The first-order valence-electron chi connectivity index (χ1n) is 11.8. The lowest BCUT2D eigenvalue weighted by Gasteiger charge is -2.25. The van der Waals surface area contributed by atoms with Crippen LogP contribution < -0.4 is 5.32 Å². The van der Waals surface area contributed by atoms with Crippen molar-refractivity contribution >= 4 is 23.5 Å². The van der Waals surface area contributed by atoms with Crippen molar-refractivity contribution in [2.45, 2.75) is 86.9 Å². The van der Waals surface area contributed by atoms with Crippen LogP contribution in [0.5, 0.6) is 0 Å². The summed E-state index contributed by atoms with van der Waals surface area (Å²) in [6.07, 6.45) is 5.49. The number of carbonyl (C=O) groups is 2. The van der Waals surface area contributed by atoms with Crippen LogP contribution in [0.4, 0.5) is 9.59 Å². The maximum absolute atomic E-state index is 12.5. The van der Waals surface area contributed by atoms with Crippen molar-refractivity contribution in [3.63, 3.8) is 0 Å². The summed E-state index contributed by atoms with van der Waals surface area (Å²) in [5.41, 5.74) is 4.42. The number of rotatable bonds is 7. The summed E-state index contributed by atoms with van der Waals surface area (Å²) in [5, 5.41) is 2.96. The molecule has 1 unspecified atom stereocenters. The number of hydrogen-bond donors (Lipinski definition) is 1. The minimum atomic E-state index is -0.491. The highest BCUT2D eigenvalue weighted by Gasteiger charge is 2.25. The molecule has 0 radical (unpaired) electrons. The Hall–Kier alpha value is -2.35. The minimum Gasteiger partial charge on any atom is -0.444 e.